The lowest BCUT2D eigenvalue weighted by Crippen LogP contribution is -2.51. The Hall–Kier alpha value is -1.15. The van der Waals surface area contributed by atoms with E-state index < -0.39 is 9.84 Å². The minimum Gasteiger partial charge on any atom is -0.350 e. The van der Waals surface area contributed by atoms with Crippen LogP contribution in [0, 0.1) is 0 Å². The van der Waals surface area contributed by atoms with Crippen molar-refractivity contribution in [1.82, 2.24) is 15.1 Å². The van der Waals surface area contributed by atoms with Gasteiger partial charge in [0, 0.05) is 38.6 Å². The summed E-state index contributed by atoms with van der Waals surface area (Å²) in [6, 6.07) is -0.0122. The number of nitrogens with one attached hydrogen (secondary N) is 1. The summed E-state index contributed by atoms with van der Waals surface area (Å²) in [6.45, 7) is 4.27. The number of nitrogens with zero attached hydrogens (tertiary/aromatic N) is 2. The van der Waals surface area contributed by atoms with Crippen LogP contribution in [0.1, 0.15) is 39.0 Å². The zero-order valence-electron chi connectivity index (χ0n) is 14.5. The topological polar surface area (TPSA) is 86.8 Å². The molecule has 8 heteroatoms. The fourth-order valence-corrected chi connectivity index (χ4v) is 4.55. The van der Waals surface area contributed by atoms with Crippen molar-refractivity contribution in [3.05, 3.63) is 0 Å². The molecule has 24 heavy (non-hydrogen) atoms. The van der Waals surface area contributed by atoms with Crippen LogP contribution in [0.2, 0.25) is 0 Å². The first kappa shape index (κ1) is 19.2. The molecule has 0 saturated carbocycles. The van der Waals surface area contributed by atoms with E-state index in [0.717, 1.165) is 32.2 Å². The van der Waals surface area contributed by atoms with Gasteiger partial charge < -0.3 is 10.2 Å². The summed E-state index contributed by atoms with van der Waals surface area (Å²) in [4.78, 5) is 28.0. The zero-order valence-corrected chi connectivity index (χ0v) is 15.3. The summed E-state index contributed by atoms with van der Waals surface area (Å²) < 4.78 is 22.9. The number of rotatable bonds is 4. The fraction of sp³-hybridized carbons (Fsp3) is 0.875. The van der Waals surface area contributed by atoms with E-state index in [1.54, 1.807) is 0 Å². The molecular formula is C16H29N3O4S. The Morgan fingerprint density at radius 2 is 1.79 bits per heavy atom. The molecule has 2 saturated heterocycles. The normalized spacial score (nSPS) is 25.5. The molecule has 2 fully saturated rings. The second-order valence-electron chi connectivity index (χ2n) is 6.74. The number of hydrogen-bond donors (Lipinski definition) is 1. The summed E-state index contributed by atoms with van der Waals surface area (Å²) in [7, 11) is -2.92. The molecule has 0 radical (unpaired) electrons. The monoisotopic (exact) mass is 359 g/mol. The van der Waals surface area contributed by atoms with Crippen LogP contribution in [0.25, 0.3) is 0 Å². The third-order valence-electron chi connectivity index (χ3n) is 4.75. The second-order valence-corrected chi connectivity index (χ2v) is 9.04. The van der Waals surface area contributed by atoms with Crippen molar-refractivity contribution in [3.63, 3.8) is 0 Å². The molecule has 0 aromatic carbocycles. The molecule has 0 spiro atoms. The zero-order chi connectivity index (χ0) is 17.6. The van der Waals surface area contributed by atoms with Crippen LogP contribution in [-0.2, 0) is 19.4 Å². The van der Waals surface area contributed by atoms with Crippen molar-refractivity contribution in [2.24, 2.45) is 0 Å². The van der Waals surface area contributed by atoms with Gasteiger partial charge in [0.15, 0.2) is 9.84 Å². The predicted octanol–water partition coefficient (Wildman–Crippen LogP) is 0.0142. The van der Waals surface area contributed by atoms with Crippen molar-refractivity contribution >= 4 is 21.7 Å². The molecule has 1 atom stereocenters. The lowest BCUT2D eigenvalue weighted by atomic mass is 10.0. The molecule has 2 aliphatic heterocycles. The molecule has 2 amide bonds. The van der Waals surface area contributed by atoms with Gasteiger partial charge in [-0.15, -0.1) is 0 Å². The van der Waals surface area contributed by atoms with Crippen LogP contribution < -0.4 is 5.32 Å². The van der Waals surface area contributed by atoms with E-state index in [1.807, 2.05) is 16.7 Å². The maximum absolute atomic E-state index is 12.3. The number of carbonyl (C=O) groups excluding carboxylic acids is 2. The van der Waals surface area contributed by atoms with E-state index in [0.29, 0.717) is 26.1 Å². The molecule has 0 bridgehead atoms. The maximum atomic E-state index is 12.3. The molecule has 0 aromatic rings. The van der Waals surface area contributed by atoms with Gasteiger partial charge in [-0.25, -0.2) is 8.42 Å². The molecule has 2 rings (SSSR count). The van der Waals surface area contributed by atoms with Crippen molar-refractivity contribution in [1.29, 1.82) is 0 Å². The predicted molar refractivity (Wildman–Crippen MR) is 92.4 cm³/mol. The van der Waals surface area contributed by atoms with Crippen molar-refractivity contribution in [2.75, 3.05) is 44.2 Å². The Morgan fingerprint density at radius 1 is 1.08 bits per heavy atom. The van der Waals surface area contributed by atoms with E-state index >= 15 is 0 Å². The number of carbonyl (C=O) groups is 2. The molecule has 7 nitrogen and oxygen atoms in total. The van der Waals surface area contributed by atoms with E-state index in [2.05, 4.69) is 5.32 Å². The van der Waals surface area contributed by atoms with Gasteiger partial charge >= 0.3 is 0 Å². The Balaban J connectivity index is 1.83. The first-order valence-electron chi connectivity index (χ1n) is 8.89. The van der Waals surface area contributed by atoms with Crippen molar-refractivity contribution < 1.29 is 18.0 Å². The van der Waals surface area contributed by atoms with Gasteiger partial charge in [0.2, 0.25) is 11.8 Å². The minimum absolute atomic E-state index is 0.0122. The van der Waals surface area contributed by atoms with E-state index in [1.165, 1.54) is 0 Å². The van der Waals surface area contributed by atoms with Crippen LogP contribution in [0.15, 0.2) is 0 Å². The third kappa shape index (κ3) is 6.05. The Labute approximate surface area is 144 Å². The average Bonchev–Trinajstić information content (AvgIpc) is 2.51. The molecule has 2 heterocycles. The quantitative estimate of drug-likeness (QED) is 0.764. The van der Waals surface area contributed by atoms with E-state index in [9.17, 15) is 18.0 Å². The molecular weight excluding hydrogens is 330 g/mol. The van der Waals surface area contributed by atoms with Crippen LogP contribution >= 0.6 is 0 Å². The van der Waals surface area contributed by atoms with Gasteiger partial charge in [-0.1, -0.05) is 19.8 Å². The number of likely N-dealkylation sites (tertiary alicyclic amines) is 1. The Bertz CT molecular complexity index is 536. The fourth-order valence-electron chi connectivity index (χ4n) is 3.27. The summed E-state index contributed by atoms with van der Waals surface area (Å²) in [5, 5.41) is 3.04. The van der Waals surface area contributed by atoms with Crippen LogP contribution in [0.5, 0.6) is 0 Å². The second kappa shape index (κ2) is 8.80. The van der Waals surface area contributed by atoms with Crippen molar-refractivity contribution in [3.8, 4) is 0 Å². The smallest absolute Gasteiger partial charge is 0.234 e. The highest BCUT2D eigenvalue weighted by atomic mass is 32.2. The molecule has 138 valence electrons. The number of amides is 2. The van der Waals surface area contributed by atoms with E-state index in [4.69, 9.17) is 0 Å². The number of hydrogen-bond acceptors (Lipinski definition) is 5. The first-order valence-corrected chi connectivity index (χ1v) is 10.7. The molecule has 1 N–H and O–H groups in total. The van der Waals surface area contributed by atoms with Crippen LogP contribution in [0.4, 0.5) is 0 Å². The van der Waals surface area contributed by atoms with E-state index in [-0.39, 0.29) is 35.9 Å². The molecule has 0 aromatic heterocycles. The molecule has 1 unspecified atom stereocenters. The summed E-state index contributed by atoms with van der Waals surface area (Å²) in [5.41, 5.74) is 0. The van der Waals surface area contributed by atoms with Gasteiger partial charge in [-0.2, -0.15) is 0 Å². The summed E-state index contributed by atoms with van der Waals surface area (Å²) in [6.07, 6.45) is 4.52. The van der Waals surface area contributed by atoms with Crippen molar-refractivity contribution in [2.45, 2.75) is 45.1 Å². The van der Waals surface area contributed by atoms with Crippen LogP contribution in [0.3, 0.4) is 0 Å². The van der Waals surface area contributed by atoms with Gasteiger partial charge in [0.25, 0.3) is 0 Å². The van der Waals surface area contributed by atoms with Crippen LogP contribution in [-0.4, -0.2) is 80.3 Å². The lowest BCUT2D eigenvalue weighted by Gasteiger charge is -2.31. The SMILES string of the molecule is CCC(=O)N1CCCCCC(NC(=O)CN2CCS(=O)(=O)CC2)C1. The van der Waals surface area contributed by atoms with Gasteiger partial charge in [-0.3, -0.25) is 14.5 Å². The lowest BCUT2D eigenvalue weighted by molar-refractivity contribution is -0.132. The standard InChI is InChI=1S/C16H29N3O4S/c1-2-16(21)19-7-5-3-4-6-14(12-19)17-15(20)13-18-8-10-24(22,23)11-9-18/h14H,2-13H2,1H3,(H,17,20). The average molecular weight is 359 g/mol. The van der Waals surface area contributed by atoms with Gasteiger partial charge in [0.05, 0.1) is 18.1 Å². The van der Waals surface area contributed by atoms with Gasteiger partial charge in [-0.05, 0) is 12.8 Å². The first-order chi connectivity index (χ1) is 11.4. The number of sulfone groups is 1. The highest BCUT2D eigenvalue weighted by molar-refractivity contribution is 7.91. The highest BCUT2D eigenvalue weighted by Gasteiger charge is 2.25. The van der Waals surface area contributed by atoms with Gasteiger partial charge in [0.1, 0.15) is 0 Å². The maximum Gasteiger partial charge on any atom is 0.234 e. The molecule has 2 aliphatic rings. The summed E-state index contributed by atoms with van der Waals surface area (Å²) in [5.74, 6) is 0.312. The largest absolute Gasteiger partial charge is 0.350 e. The highest BCUT2D eigenvalue weighted by Crippen LogP contribution is 2.12. The minimum atomic E-state index is -2.92. The Morgan fingerprint density at radius 3 is 2.46 bits per heavy atom. The molecule has 0 aliphatic carbocycles. The Kier molecular flexibility index (Phi) is 7.03. The third-order valence-corrected chi connectivity index (χ3v) is 6.36. The summed E-state index contributed by atoms with van der Waals surface area (Å²) >= 11 is 0.